The second-order valence-electron chi connectivity index (χ2n) is 4.88. The highest BCUT2D eigenvalue weighted by Crippen LogP contribution is 2.28. The molecule has 0 bridgehead atoms. The molecule has 1 fully saturated rings. The Morgan fingerprint density at radius 1 is 1.53 bits per heavy atom. The lowest BCUT2D eigenvalue weighted by Gasteiger charge is -2.21. The summed E-state index contributed by atoms with van der Waals surface area (Å²) in [4.78, 5) is 0. The predicted octanol–water partition coefficient (Wildman–Crippen LogP) is 2.14. The van der Waals surface area contributed by atoms with Crippen LogP contribution in [-0.4, -0.2) is 22.4 Å². The maximum absolute atomic E-state index is 4.36. The van der Waals surface area contributed by atoms with Gasteiger partial charge < -0.3 is 5.32 Å². The van der Waals surface area contributed by atoms with Gasteiger partial charge in [-0.3, -0.25) is 4.68 Å². The second kappa shape index (κ2) is 4.35. The number of aryl methyl sites for hydroxylation is 1. The molecular formula is C12H21N3. The van der Waals surface area contributed by atoms with Crippen molar-refractivity contribution in [3.63, 3.8) is 0 Å². The molecule has 2 rings (SSSR count). The summed E-state index contributed by atoms with van der Waals surface area (Å²) in [6, 6.07) is 0.919. The van der Waals surface area contributed by atoms with Crippen LogP contribution in [-0.2, 0) is 0 Å². The van der Waals surface area contributed by atoms with Crippen molar-refractivity contribution in [3.05, 3.63) is 18.0 Å². The van der Waals surface area contributed by atoms with Crippen LogP contribution in [0.15, 0.2) is 12.4 Å². The number of hydrogen-bond donors (Lipinski definition) is 1. The fourth-order valence-electron chi connectivity index (χ4n) is 1.73. The SMILES string of the molecule is Cc1cnn([C@@H](C)[C@H](C)NCC2CC2)c1. The van der Waals surface area contributed by atoms with E-state index in [0.717, 1.165) is 5.92 Å². The summed E-state index contributed by atoms with van der Waals surface area (Å²) in [7, 11) is 0. The Hall–Kier alpha value is -0.830. The molecule has 1 aliphatic carbocycles. The van der Waals surface area contributed by atoms with E-state index in [1.165, 1.54) is 24.9 Å². The standard InChI is InChI=1S/C12H21N3/c1-9-6-14-15(8-9)11(3)10(2)13-7-12-4-5-12/h6,8,10-13H,4-5,7H2,1-3H3/t10-,11-/m0/s1. The first-order valence-corrected chi connectivity index (χ1v) is 5.91. The molecule has 3 heteroatoms. The van der Waals surface area contributed by atoms with Gasteiger partial charge in [-0.1, -0.05) is 0 Å². The third kappa shape index (κ3) is 2.81. The summed E-state index contributed by atoms with van der Waals surface area (Å²) < 4.78 is 2.06. The Morgan fingerprint density at radius 3 is 2.80 bits per heavy atom. The van der Waals surface area contributed by atoms with Crippen LogP contribution in [0.25, 0.3) is 0 Å². The van der Waals surface area contributed by atoms with Crippen LogP contribution in [0.1, 0.15) is 38.3 Å². The highest BCUT2D eigenvalue weighted by Gasteiger charge is 2.23. The van der Waals surface area contributed by atoms with Gasteiger partial charge in [0.1, 0.15) is 0 Å². The number of nitrogens with one attached hydrogen (secondary N) is 1. The van der Waals surface area contributed by atoms with Gasteiger partial charge in [0.15, 0.2) is 0 Å². The molecule has 0 aliphatic heterocycles. The topological polar surface area (TPSA) is 29.9 Å². The molecule has 0 radical (unpaired) electrons. The minimum atomic E-state index is 0.428. The molecule has 1 aliphatic rings. The molecule has 0 aromatic carbocycles. The van der Waals surface area contributed by atoms with Gasteiger partial charge in [-0.2, -0.15) is 5.10 Å². The van der Waals surface area contributed by atoms with Crippen molar-refractivity contribution in [2.75, 3.05) is 6.54 Å². The fraction of sp³-hybridized carbons (Fsp3) is 0.750. The average Bonchev–Trinajstić information content (AvgIpc) is 2.95. The Balaban J connectivity index is 1.85. The normalized spacial score (nSPS) is 20.2. The van der Waals surface area contributed by atoms with Crippen LogP contribution in [0.2, 0.25) is 0 Å². The predicted molar refractivity (Wildman–Crippen MR) is 61.9 cm³/mol. The lowest BCUT2D eigenvalue weighted by molar-refractivity contribution is 0.362. The maximum atomic E-state index is 4.36. The van der Waals surface area contributed by atoms with Crippen molar-refractivity contribution in [1.82, 2.24) is 15.1 Å². The number of hydrogen-bond acceptors (Lipinski definition) is 2. The smallest absolute Gasteiger partial charge is 0.0641 e. The first kappa shape index (κ1) is 10.7. The summed E-state index contributed by atoms with van der Waals surface area (Å²) in [6.45, 7) is 7.71. The zero-order valence-corrected chi connectivity index (χ0v) is 9.90. The minimum absolute atomic E-state index is 0.428. The second-order valence-corrected chi connectivity index (χ2v) is 4.88. The molecule has 0 saturated heterocycles. The monoisotopic (exact) mass is 207 g/mol. The van der Waals surface area contributed by atoms with Gasteiger partial charge in [-0.25, -0.2) is 0 Å². The van der Waals surface area contributed by atoms with Crippen LogP contribution in [0.4, 0.5) is 0 Å². The van der Waals surface area contributed by atoms with Crippen molar-refractivity contribution in [1.29, 1.82) is 0 Å². The van der Waals surface area contributed by atoms with Gasteiger partial charge in [0.25, 0.3) is 0 Å². The summed E-state index contributed by atoms with van der Waals surface area (Å²) in [6.07, 6.45) is 6.86. The van der Waals surface area contributed by atoms with Crippen LogP contribution < -0.4 is 5.32 Å². The minimum Gasteiger partial charge on any atom is -0.312 e. The molecule has 0 spiro atoms. The Labute approximate surface area is 91.9 Å². The molecule has 1 aromatic rings. The van der Waals surface area contributed by atoms with E-state index in [-0.39, 0.29) is 0 Å². The van der Waals surface area contributed by atoms with Gasteiger partial charge in [0, 0.05) is 12.2 Å². The van der Waals surface area contributed by atoms with E-state index >= 15 is 0 Å². The van der Waals surface area contributed by atoms with Crippen LogP contribution in [0, 0.1) is 12.8 Å². The molecule has 84 valence electrons. The lowest BCUT2D eigenvalue weighted by Crippen LogP contribution is -2.35. The number of aromatic nitrogens is 2. The van der Waals surface area contributed by atoms with Crippen molar-refractivity contribution < 1.29 is 0 Å². The van der Waals surface area contributed by atoms with Gasteiger partial charge in [0.05, 0.1) is 12.2 Å². The summed E-state index contributed by atoms with van der Waals surface area (Å²) in [5, 5.41) is 7.95. The van der Waals surface area contributed by atoms with Crippen LogP contribution in [0.5, 0.6) is 0 Å². The highest BCUT2D eigenvalue weighted by molar-refractivity contribution is 5.00. The zero-order valence-electron chi connectivity index (χ0n) is 9.90. The van der Waals surface area contributed by atoms with Gasteiger partial charge in [0.2, 0.25) is 0 Å². The third-order valence-corrected chi connectivity index (χ3v) is 3.30. The first-order chi connectivity index (χ1) is 7.16. The Morgan fingerprint density at radius 2 is 2.27 bits per heavy atom. The van der Waals surface area contributed by atoms with E-state index in [1.54, 1.807) is 0 Å². The molecule has 1 heterocycles. The number of nitrogens with zero attached hydrogens (tertiary/aromatic N) is 2. The van der Waals surface area contributed by atoms with Gasteiger partial charge >= 0.3 is 0 Å². The van der Waals surface area contributed by atoms with Crippen LogP contribution in [0.3, 0.4) is 0 Å². The molecule has 1 aromatic heterocycles. The van der Waals surface area contributed by atoms with Gasteiger partial charge in [-0.05, 0) is 51.6 Å². The fourth-order valence-corrected chi connectivity index (χ4v) is 1.73. The van der Waals surface area contributed by atoms with E-state index in [9.17, 15) is 0 Å². The molecular weight excluding hydrogens is 186 g/mol. The lowest BCUT2D eigenvalue weighted by atomic mass is 10.1. The third-order valence-electron chi connectivity index (χ3n) is 3.30. The molecule has 0 amide bonds. The zero-order chi connectivity index (χ0) is 10.8. The summed E-state index contributed by atoms with van der Waals surface area (Å²) in [5.41, 5.74) is 1.23. The van der Waals surface area contributed by atoms with E-state index in [1.807, 2.05) is 6.20 Å². The largest absolute Gasteiger partial charge is 0.312 e. The van der Waals surface area contributed by atoms with Crippen molar-refractivity contribution >= 4 is 0 Å². The molecule has 15 heavy (non-hydrogen) atoms. The molecule has 1 saturated carbocycles. The molecule has 1 N–H and O–H groups in total. The maximum Gasteiger partial charge on any atom is 0.0641 e. The van der Waals surface area contributed by atoms with Gasteiger partial charge in [-0.15, -0.1) is 0 Å². The Bertz CT molecular complexity index is 314. The molecule has 0 unspecified atom stereocenters. The molecule has 3 nitrogen and oxygen atoms in total. The van der Waals surface area contributed by atoms with Crippen molar-refractivity contribution in [2.45, 2.75) is 45.7 Å². The summed E-state index contributed by atoms with van der Waals surface area (Å²) >= 11 is 0. The van der Waals surface area contributed by atoms with Crippen LogP contribution >= 0.6 is 0 Å². The summed E-state index contributed by atoms with van der Waals surface area (Å²) in [5.74, 6) is 0.944. The highest BCUT2D eigenvalue weighted by atomic mass is 15.3. The van der Waals surface area contributed by atoms with E-state index in [2.05, 4.69) is 42.1 Å². The Kier molecular flexibility index (Phi) is 3.10. The van der Waals surface area contributed by atoms with Crippen molar-refractivity contribution in [2.24, 2.45) is 5.92 Å². The quantitative estimate of drug-likeness (QED) is 0.801. The molecule has 2 atom stereocenters. The number of rotatable bonds is 5. The van der Waals surface area contributed by atoms with E-state index in [0.29, 0.717) is 12.1 Å². The average molecular weight is 207 g/mol. The first-order valence-electron chi connectivity index (χ1n) is 5.91. The van der Waals surface area contributed by atoms with E-state index in [4.69, 9.17) is 0 Å². The van der Waals surface area contributed by atoms with Crippen molar-refractivity contribution in [3.8, 4) is 0 Å². The van der Waals surface area contributed by atoms with E-state index < -0.39 is 0 Å².